The van der Waals surface area contributed by atoms with Crippen molar-refractivity contribution < 1.29 is 0 Å². The van der Waals surface area contributed by atoms with E-state index in [1.165, 1.54) is 154 Å². The van der Waals surface area contributed by atoms with Crippen LogP contribution in [0.15, 0.2) is 146 Å². The molecule has 0 bridgehead atoms. The van der Waals surface area contributed by atoms with Gasteiger partial charge in [-0.1, -0.05) is 319 Å². The zero-order valence-electron chi connectivity index (χ0n) is 86.6. The van der Waals surface area contributed by atoms with E-state index in [-0.39, 0.29) is 0 Å². The highest BCUT2D eigenvalue weighted by atomic mass is 15.2. The van der Waals surface area contributed by atoms with E-state index >= 15 is 0 Å². The first-order chi connectivity index (χ1) is 56.2. The Hall–Kier alpha value is -6.02. The van der Waals surface area contributed by atoms with Crippen molar-refractivity contribution in [3.8, 4) is 0 Å². The minimum absolute atomic E-state index is 0.593. The molecule has 4 aromatic heterocycles. The van der Waals surface area contributed by atoms with Crippen molar-refractivity contribution in [2.75, 3.05) is 24.5 Å². The first-order valence-electron chi connectivity index (χ1n) is 48.4. The third-order valence-corrected chi connectivity index (χ3v) is 16.2. The van der Waals surface area contributed by atoms with E-state index in [1.54, 1.807) is 27.8 Å². The molecule has 7 heterocycles. The second-order valence-electron chi connectivity index (χ2n) is 41.4. The summed E-state index contributed by atoms with van der Waals surface area (Å²) >= 11 is 0. The Morgan fingerprint density at radius 1 is 0.192 bits per heavy atom. The fourth-order valence-electron chi connectivity index (χ4n) is 11.6. The Labute approximate surface area is 749 Å². The molecule has 0 N–H and O–H groups in total. The fourth-order valence-corrected chi connectivity index (χ4v) is 11.6. The van der Waals surface area contributed by atoms with E-state index < -0.39 is 0 Å². The van der Waals surface area contributed by atoms with E-state index in [0.29, 0.717) is 18.1 Å². The van der Waals surface area contributed by atoms with Crippen LogP contribution in [0, 0.1) is 65.1 Å². The van der Waals surface area contributed by atoms with Crippen LogP contribution in [-0.2, 0) is 83.7 Å². The van der Waals surface area contributed by atoms with Crippen LogP contribution < -0.4 is 4.90 Å². The summed E-state index contributed by atoms with van der Waals surface area (Å²) in [6.45, 7) is 90.7. The minimum Gasteiger partial charge on any atom is -0.367 e. The quantitative estimate of drug-likeness (QED) is 0.175. The van der Waals surface area contributed by atoms with E-state index in [2.05, 4.69) is 402 Å². The summed E-state index contributed by atoms with van der Waals surface area (Å²) in [5.41, 5.74) is 20.2. The van der Waals surface area contributed by atoms with Crippen molar-refractivity contribution in [1.29, 1.82) is 0 Å². The largest absolute Gasteiger partial charge is 0.367 e. The highest BCUT2D eigenvalue weighted by Gasteiger charge is 2.22. The topological polar surface area (TPSA) is 61.3 Å². The summed E-state index contributed by atoms with van der Waals surface area (Å²) in [6.07, 6.45) is 29.1. The number of benzene rings is 3. The van der Waals surface area contributed by atoms with E-state index in [1.807, 2.05) is 49.1 Å². The Kier molecular flexibility index (Phi) is 75.7. The van der Waals surface area contributed by atoms with Crippen molar-refractivity contribution in [3.63, 3.8) is 0 Å². The smallest absolute Gasteiger partial charge is 0.0654 e. The molecule has 120 heavy (non-hydrogen) atoms. The zero-order chi connectivity index (χ0) is 92.3. The van der Waals surface area contributed by atoms with Gasteiger partial charge < -0.3 is 4.90 Å². The number of nitrogens with zero attached hydrogens (tertiary/aromatic N) is 7. The van der Waals surface area contributed by atoms with Crippen LogP contribution in [0.5, 0.6) is 0 Å². The van der Waals surface area contributed by atoms with Gasteiger partial charge in [0.1, 0.15) is 0 Å². The van der Waals surface area contributed by atoms with Crippen molar-refractivity contribution in [3.05, 3.63) is 219 Å². The normalized spacial score (nSPS) is 13.7. The average Bonchev–Trinajstić information content (AvgIpc) is 1.59. The molecule has 3 aliphatic heterocycles. The van der Waals surface area contributed by atoms with Gasteiger partial charge in [0.05, 0.1) is 11.4 Å². The van der Waals surface area contributed by atoms with Crippen molar-refractivity contribution in [1.82, 2.24) is 29.7 Å². The summed E-state index contributed by atoms with van der Waals surface area (Å²) in [7, 11) is 0. The SMILES string of the molecule is CC(C)C.CC(C)C.CC(C)C.CC(C)C.CC(C)C.CC(C)C.CC(C)C.CC(C)C.CC(C)C.CC(C)C.CC(C)C.CC(C)N1CCc2ccccc2C1.CC(C)N1CCc2ncccc21.CC(C)N1CCc2ncccc2C1.c1ccc2c(c1)CCC2.c1ccc2c(c1)CCCC2.c1cnc2c(c1)CCC2.c1cnc2c(c1)CCCC2. The van der Waals surface area contributed by atoms with Gasteiger partial charge >= 0.3 is 0 Å². The second kappa shape index (κ2) is 75.5. The van der Waals surface area contributed by atoms with Gasteiger partial charge in [-0.25, -0.2) is 0 Å². The highest BCUT2D eigenvalue weighted by molar-refractivity contribution is 5.55. The van der Waals surface area contributed by atoms with Gasteiger partial charge in [0.15, 0.2) is 0 Å². The molecule has 7 aliphatic rings. The first kappa shape index (κ1) is 120. The lowest BCUT2D eigenvalue weighted by Crippen LogP contribution is -2.36. The number of hydrogen-bond acceptors (Lipinski definition) is 7. The Morgan fingerprint density at radius 3 is 0.733 bits per heavy atom. The van der Waals surface area contributed by atoms with Crippen LogP contribution >= 0.6 is 0 Å². The van der Waals surface area contributed by atoms with Gasteiger partial charge in [-0.2, -0.15) is 0 Å². The van der Waals surface area contributed by atoms with Crippen LogP contribution in [0.2, 0.25) is 0 Å². The number of pyridine rings is 4. The molecule has 686 valence electrons. The van der Waals surface area contributed by atoms with E-state index in [9.17, 15) is 0 Å². The molecule has 0 amide bonds. The lowest BCUT2D eigenvalue weighted by molar-refractivity contribution is 0.202. The molecular formula is C113H199N7. The molecular weight excluding hydrogens is 1460 g/mol. The molecule has 14 rings (SSSR count). The molecule has 0 atom stereocenters. The van der Waals surface area contributed by atoms with E-state index in [0.717, 1.165) is 104 Å². The van der Waals surface area contributed by atoms with E-state index in [4.69, 9.17) is 0 Å². The summed E-state index contributed by atoms with van der Waals surface area (Å²) in [5.74, 6) is 9.17. The molecule has 0 fully saturated rings. The molecule has 7 aromatic rings. The summed E-state index contributed by atoms with van der Waals surface area (Å²) in [6, 6.07) is 45.1. The second-order valence-corrected chi connectivity index (χ2v) is 41.4. The molecule has 0 unspecified atom stereocenters. The fraction of sp³-hybridized carbons (Fsp3) is 0.664. The molecule has 4 aliphatic carbocycles. The maximum atomic E-state index is 4.39. The van der Waals surface area contributed by atoms with Crippen molar-refractivity contribution in [2.45, 2.75) is 410 Å². The number of hydrogen-bond donors (Lipinski definition) is 0. The first-order valence-corrected chi connectivity index (χ1v) is 48.4. The molecule has 0 radical (unpaired) electrons. The van der Waals surface area contributed by atoms with Gasteiger partial charge in [-0.05, 0) is 283 Å². The molecule has 7 heteroatoms. The average molecular weight is 1660 g/mol. The maximum Gasteiger partial charge on any atom is 0.0654 e. The number of aryl methyl sites for hydroxylation is 8. The highest BCUT2D eigenvalue weighted by Crippen LogP contribution is 2.28. The molecule has 0 spiro atoms. The molecule has 0 saturated carbocycles. The van der Waals surface area contributed by atoms with Gasteiger partial charge in [0.25, 0.3) is 0 Å². The van der Waals surface area contributed by atoms with Crippen LogP contribution in [0.4, 0.5) is 5.69 Å². The summed E-state index contributed by atoms with van der Waals surface area (Å²) in [5, 5.41) is 0. The number of anilines is 1. The van der Waals surface area contributed by atoms with Gasteiger partial charge in [0, 0.05) is 106 Å². The zero-order valence-corrected chi connectivity index (χ0v) is 86.6. The Bertz CT molecular complexity index is 3020. The lowest BCUT2D eigenvalue weighted by Gasteiger charge is -2.31. The van der Waals surface area contributed by atoms with Crippen LogP contribution in [0.3, 0.4) is 0 Å². The van der Waals surface area contributed by atoms with Crippen molar-refractivity contribution >= 4 is 5.69 Å². The summed E-state index contributed by atoms with van der Waals surface area (Å²) in [4.78, 5) is 24.7. The summed E-state index contributed by atoms with van der Waals surface area (Å²) < 4.78 is 0. The predicted octanol–water partition coefficient (Wildman–Crippen LogP) is 32.7. The van der Waals surface area contributed by atoms with Crippen LogP contribution in [0.25, 0.3) is 0 Å². The number of aromatic nitrogens is 4. The Morgan fingerprint density at radius 2 is 0.408 bits per heavy atom. The molecule has 0 saturated heterocycles. The maximum absolute atomic E-state index is 4.39. The molecule has 3 aromatic carbocycles. The predicted molar refractivity (Wildman–Crippen MR) is 544 cm³/mol. The lowest BCUT2D eigenvalue weighted by atomic mass is 9.92. The standard InChI is InChI=1S/C12H17N.C11H16N2.C10H14N2.C10H12.C9H11N.C9H10.C8H9N.11C4H10/c1-10(2)13-8-7-11-5-3-4-6-12(11)9-13;1-9(2)13-7-5-11-10(8-13)4-3-6-12-11;1-8(2)12-7-5-9-10(12)4-3-6-11-9;1-2-6-10-8-4-3-7-9(10)5-1;1-2-6-9-8(4-1)5-3-7-10-9;1-2-5-9-7-3-6-8(9)4-1;1-3-7-4-2-6-9-8(7)5-1;11*1-4(2)3/h3-6,10H,7-9H2,1-2H3;3-4,6,9H,5,7-8H2,1-2H3;3-4,6,8H,5,7H2,1-2H3;1-2,5-6H,3-4,7-8H2;3,5,7H,1-2,4,6H2;1-2,4-5H,3,6-7H2;2,4,6H,1,3,5H2;11*4H,1-3H3. The van der Waals surface area contributed by atoms with Gasteiger partial charge in [-0.3, -0.25) is 29.7 Å². The van der Waals surface area contributed by atoms with Gasteiger partial charge in [0.2, 0.25) is 0 Å². The number of rotatable bonds is 3. The Balaban J connectivity index is -0.000000607. The third kappa shape index (κ3) is 74.6. The molecule has 7 nitrogen and oxygen atoms in total. The minimum atomic E-state index is 0.593. The monoisotopic (exact) mass is 1650 g/mol. The third-order valence-electron chi connectivity index (χ3n) is 16.2. The van der Waals surface area contributed by atoms with Crippen molar-refractivity contribution in [2.24, 2.45) is 65.1 Å². The number of fused-ring (bicyclic) bond motifs is 7. The van der Waals surface area contributed by atoms with Crippen LogP contribution in [0.1, 0.15) is 381 Å². The van der Waals surface area contributed by atoms with Crippen LogP contribution in [-0.4, -0.2) is 67.5 Å². The van der Waals surface area contributed by atoms with Gasteiger partial charge in [-0.15, -0.1) is 0 Å².